The van der Waals surface area contributed by atoms with Crippen LogP contribution < -0.4 is 11.1 Å². The summed E-state index contributed by atoms with van der Waals surface area (Å²) in [6, 6.07) is 8.52. The number of carbonyl (C=O) groups is 1. The number of nitrogens with one attached hydrogen (secondary N) is 1. The van der Waals surface area contributed by atoms with Gasteiger partial charge in [0.05, 0.1) is 6.10 Å². The zero-order valence-electron chi connectivity index (χ0n) is 24.0. The Balaban J connectivity index is 2.01. The van der Waals surface area contributed by atoms with Gasteiger partial charge in [-0.05, 0) is 56.1 Å². The molecule has 0 aromatic heterocycles. The largest absolute Gasteiger partial charge is 0.393 e. The van der Waals surface area contributed by atoms with Crippen molar-refractivity contribution >= 4 is 5.91 Å². The molecular weight excluding hydrogens is 444 g/mol. The van der Waals surface area contributed by atoms with E-state index in [0.717, 1.165) is 64.3 Å². The Morgan fingerprint density at radius 1 is 0.833 bits per heavy atom. The van der Waals surface area contributed by atoms with Crippen LogP contribution in [-0.4, -0.2) is 23.7 Å². The Hall–Kier alpha value is -1.39. The Morgan fingerprint density at radius 2 is 1.39 bits per heavy atom. The number of aliphatic hydroxyl groups excluding tert-OH is 1. The summed E-state index contributed by atoms with van der Waals surface area (Å²) < 4.78 is 0. The fraction of sp³-hybridized carbons (Fsp3) is 0.781. The molecule has 0 radical (unpaired) electrons. The molecule has 1 rings (SSSR count). The molecule has 0 aliphatic rings. The topological polar surface area (TPSA) is 75.3 Å². The summed E-state index contributed by atoms with van der Waals surface area (Å²) in [4.78, 5) is 12.2. The number of hydrogen-bond acceptors (Lipinski definition) is 3. The van der Waals surface area contributed by atoms with Crippen molar-refractivity contribution in [1.82, 2.24) is 5.32 Å². The number of hydrogen-bond donors (Lipinski definition) is 3. The van der Waals surface area contributed by atoms with Crippen molar-refractivity contribution in [2.45, 2.75) is 154 Å². The Labute approximate surface area is 223 Å². The molecule has 1 aromatic rings. The molecule has 4 N–H and O–H groups in total. The highest BCUT2D eigenvalue weighted by atomic mass is 16.3. The summed E-state index contributed by atoms with van der Waals surface area (Å²) in [6.07, 6.45) is 20.8. The third-order valence-electron chi connectivity index (χ3n) is 7.84. The number of carbonyl (C=O) groups excluding carboxylic acids is 1. The zero-order chi connectivity index (χ0) is 26.5. The third-order valence-corrected chi connectivity index (χ3v) is 7.84. The standard InChI is InChI=1S/C32H58N2O2/c1-4-7-8-15-23-29(35)24-16-13-11-9-10-12-14-17-26-31(36)34-27-20-22-28-21-18-19-25-30(28)32(33,5-2)6-3/h18-19,21,25,29,35H,4-17,20,22-24,26-27,33H2,1-3H3,(H,34,36). The predicted octanol–water partition coefficient (Wildman–Crippen LogP) is 7.94. The highest BCUT2D eigenvalue weighted by Gasteiger charge is 2.25. The minimum absolute atomic E-state index is 0.0867. The first-order valence-corrected chi connectivity index (χ1v) is 15.3. The SMILES string of the molecule is CCCCCCC(O)CCCCCCCCCCC(=O)NCCCc1ccccc1C(N)(CC)CC. The summed E-state index contributed by atoms with van der Waals surface area (Å²) in [6.45, 7) is 7.27. The summed E-state index contributed by atoms with van der Waals surface area (Å²) in [7, 11) is 0. The molecule has 0 aliphatic heterocycles. The minimum Gasteiger partial charge on any atom is -0.393 e. The first-order valence-electron chi connectivity index (χ1n) is 15.3. The molecule has 0 saturated heterocycles. The molecule has 0 saturated carbocycles. The van der Waals surface area contributed by atoms with E-state index in [0.29, 0.717) is 6.42 Å². The van der Waals surface area contributed by atoms with Gasteiger partial charge in [0.1, 0.15) is 0 Å². The van der Waals surface area contributed by atoms with Crippen molar-refractivity contribution in [2.24, 2.45) is 5.73 Å². The van der Waals surface area contributed by atoms with Crippen molar-refractivity contribution < 1.29 is 9.90 Å². The second kappa shape index (κ2) is 20.6. The molecule has 4 nitrogen and oxygen atoms in total. The van der Waals surface area contributed by atoms with Gasteiger partial charge in [-0.3, -0.25) is 4.79 Å². The maximum atomic E-state index is 12.2. The van der Waals surface area contributed by atoms with Gasteiger partial charge >= 0.3 is 0 Å². The van der Waals surface area contributed by atoms with Gasteiger partial charge in [-0.1, -0.05) is 116 Å². The molecule has 208 valence electrons. The number of rotatable bonds is 23. The van der Waals surface area contributed by atoms with Gasteiger partial charge in [0.15, 0.2) is 0 Å². The summed E-state index contributed by atoms with van der Waals surface area (Å²) >= 11 is 0. The molecular formula is C32H58N2O2. The monoisotopic (exact) mass is 502 g/mol. The molecule has 1 amide bonds. The first kappa shape index (κ1) is 32.6. The van der Waals surface area contributed by atoms with Crippen LogP contribution in [0.1, 0.15) is 147 Å². The minimum atomic E-state index is -0.254. The number of aliphatic hydroxyl groups is 1. The summed E-state index contributed by atoms with van der Waals surface area (Å²) in [5.41, 5.74) is 8.97. The van der Waals surface area contributed by atoms with E-state index < -0.39 is 0 Å². The lowest BCUT2D eigenvalue weighted by atomic mass is 9.82. The molecule has 0 bridgehead atoms. The van der Waals surface area contributed by atoms with Gasteiger partial charge < -0.3 is 16.2 Å². The summed E-state index contributed by atoms with van der Waals surface area (Å²) in [5, 5.41) is 13.1. The van der Waals surface area contributed by atoms with E-state index in [-0.39, 0.29) is 17.6 Å². The van der Waals surface area contributed by atoms with E-state index in [4.69, 9.17) is 5.73 Å². The van der Waals surface area contributed by atoms with Crippen LogP contribution in [0.25, 0.3) is 0 Å². The average Bonchev–Trinajstić information content (AvgIpc) is 2.90. The number of unbranched alkanes of at least 4 members (excludes halogenated alkanes) is 10. The van der Waals surface area contributed by atoms with Gasteiger partial charge in [0.25, 0.3) is 0 Å². The quantitative estimate of drug-likeness (QED) is 0.133. The van der Waals surface area contributed by atoms with Crippen molar-refractivity contribution in [3.05, 3.63) is 35.4 Å². The van der Waals surface area contributed by atoms with Crippen LogP contribution in [-0.2, 0) is 16.8 Å². The van der Waals surface area contributed by atoms with Gasteiger partial charge in [0.2, 0.25) is 5.91 Å². The molecule has 0 heterocycles. The molecule has 1 unspecified atom stereocenters. The van der Waals surface area contributed by atoms with E-state index in [2.05, 4.69) is 50.4 Å². The highest BCUT2D eigenvalue weighted by molar-refractivity contribution is 5.75. The van der Waals surface area contributed by atoms with Crippen molar-refractivity contribution in [1.29, 1.82) is 0 Å². The lowest BCUT2D eigenvalue weighted by molar-refractivity contribution is -0.121. The number of nitrogens with two attached hydrogens (primary N) is 1. The maximum Gasteiger partial charge on any atom is 0.219 e. The molecule has 4 heteroatoms. The van der Waals surface area contributed by atoms with Gasteiger partial charge in [0, 0.05) is 18.5 Å². The maximum absolute atomic E-state index is 12.2. The van der Waals surface area contributed by atoms with Crippen LogP contribution in [0, 0.1) is 0 Å². The molecule has 1 aromatic carbocycles. The van der Waals surface area contributed by atoms with Crippen LogP contribution in [0.15, 0.2) is 24.3 Å². The van der Waals surface area contributed by atoms with E-state index in [1.807, 2.05) is 0 Å². The lowest BCUT2D eigenvalue weighted by Gasteiger charge is -2.29. The number of benzene rings is 1. The lowest BCUT2D eigenvalue weighted by Crippen LogP contribution is -2.36. The van der Waals surface area contributed by atoms with E-state index in [1.54, 1.807) is 0 Å². The van der Waals surface area contributed by atoms with E-state index in [9.17, 15) is 9.90 Å². The fourth-order valence-electron chi connectivity index (χ4n) is 5.13. The fourth-order valence-corrected chi connectivity index (χ4v) is 5.13. The van der Waals surface area contributed by atoms with Gasteiger partial charge in [-0.15, -0.1) is 0 Å². The molecule has 1 atom stereocenters. The summed E-state index contributed by atoms with van der Waals surface area (Å²) in [5.74, 6) is 0.187. The van der Waals surface area contributed by atoms with Gasteiger partial charge in [-0.25, -0.2) is 0 Å². The van der Waals surface area contributed by atoms with Crippen LogP contribution >= 0.6 is 0 Å². The molecule has 36 heavy (non-hydrogen) atoms. The van der Waals surface area contributed by atoms with Crippen LogP contribution in [0.2, 0.25) is 0 Å². The van der Waals surface area contributed by atoms with Crippen molar-refractivity contribution in [3.63, 3.8) is 0 Å². The van der Waals surface area contributed by atoms with Crippen LogP contribution in [0.3, 0.4) is 0 Å². The smallest absolute Gasteiger partial charge is 0.219 e. The van der Waals surface area contributed by atoms with Gasteiger partial charge in [-0.2, -0.15) is 0 Å². The van der Waals surface area contributed by atoms with E-state index >= 15 is 0 Å². The Morgan fingerprint density at radius 3 is 2.00 bits per heavy atom. The van der Waals surface area contributed by atoms with Crippen LogP contribution in [0.5, 0.6) is 0 Å². The third kappa shape index (κ3) is 14.4. The Bertz CT molecular complexity index is 672. The average molecular weight is 503 g/mol. The second-order valence-electron chi connectivity index (χ2n) is 10.8. The Kier molecular flexibility index (Phi) is 18.7. The molecule has 0 spiro atoms. The molecule has 0 fully saturated rings. The first-order chi connectivity index (χ1) is 17.5. The number of amides is 1. The second-order valence-corrected chi connectivity index (χ2v) is 10.8. The van der Waals surface area contributed by atoms with Crippen molar-refractivity contribution in [2.75, 3.05) is 6.54 Å². The highest BCUT2D eigenvalue weighted by Crippen LogP contribution is 2.29. The normalized spacial score (nSPS) is 12.6. The molecule has 0 aliphatic carbocycles. The van der Waals surface area contributed by atoms with Crippen LogP contribution in [0.4, 0.5) is 0 Å². The zero-order valence-corrected chi connectivity index (χ0v) is 24.0. The van der Waals surface area contributed by atoms with E-state index in [1.165, 1.54) is 68.9 Å². The van der Waals surface area contributed by atoms with Crippen molar-refractivity contribution in [3.8, 4) is 0 Å². The number of aryl methyl sites for hydroxylation is 1. The predicted molar refractivity (Wildman–Crippen MR) is 155 cm³/mol.